The Morgan fingerprint density at radius 2 is 2.00 bits per heavy atom. The third kappa shape index (κ3) is 2.38. The molecule has 0 amide bonds. The minimum Gasteiger partial charge on any atom is -0.356 e. The summed E-state index contributed by atoms with van der Waals surface area (Å²) in [6, 6.07) is 9.43. The fraction of sp³-hybridized carbons (Fsp3) is 0.286. The van der Waals surface area contributed by atoms with Gasteiger partial charge in [0.2, 0.25) is 0 Å². The lowest BCUT2D eigenvalue weighted by atomic mass is 10.3. The first-order chi connectivity index (χ1) is 9.36. The van der Waals surface area contributed by atoms with Crippen LogP contribution in [0.1, 0.15) is 18.5 Å². The van der Waals surface area contributed by atoms with Crippen LogP contribution >= 0.6 is 0 Å². The molecule has 5 heteroatoms. The summed E-state index contributed by atoms with van der Waals surface area (Å²) in [5.41, 5.74) is 1.08. The maximum Gasteiger partial charge on any atom is 0.181 e. The minimum atomic E-state index is 0.387. The van der Waals surface area contributed by atoms with E-state index in [0.29, 0.717) is 17.2 Å². The van der Waals surface area contributed by atoms with Gasteiger partial charge in [-0.2, -0.15) is 5.26 Å². The number of aromatic nitrogens is 3. The number of hydrogen-bond donors (Lipinski definition) is 0. The monoisotopic (exact) mass is 251 g/mol. The Labute approximate surface area is 111 Å². The first-order valence-corrected chi connectivity index (χ1v) is 6.32. The second kappa shape index (κ2) is 5.02. The number of pyridine rings is 1. The maximum absolute atomic E-state index is 9.10. The van der Waals surface area contributed by atoms with Crippen LogP contribution in [-0.2, 0) is 0 Å². The molecule has 1 saturated heterocycles. The van der Waals surface area contributed by atoms with E-state index in [0.717, 1.165) is 18.9 Å². The molecule has 0 bridgehead atoms. The Morgan fingerprint density at radius 3 is 2.68 bits per heavy atom. The highest BCUT2D eigenvalue weighted by Crippen LogP contribution is 2.21. The van der Waals surface area contributed by atoms with E-state index in [4.69, 9.17) is 5.26 Å². The fourth-order valence-electron chi connectivity index (χ4n) is 2.21. The van der Waals surface area contributed by atoms with Gasteiger partial charge in [0.25, 0.3) is 0 Å². The summed E-state index contributed by atoms with van der Waals surface area (Å²) in [5, 5.41) is 9.10. The molecule has 3 rings (SSSR count). The van der Waals surface area contributed by atoms with E-state index in [-0.39, 0.29) is 0 Å². The Hall–Kier alpha value is -2.48. The van der Waals surface area contributed by atoms with Crippen LogP contribution in [0.2, 0.25) is 0 Å². The lowest BCUT2D eigenvalue weighted by Crippen LogP contribution is -2.19. The van der Waals surface area contributed by atoms with Gasteiger partial charge in [0.1, 0.15) is 23.3 Å². The normalized spacial score (nSPS) is 14.4. The van der Waals surface area contributed by atoms with Crippen molar-refractivity contribution in [1.82, 2.24) is 15.0 Å². The fourth-order valence-corrected chi connectivity index (χ4v) is 2.21. The van der Waals surface area contributed by atoms with Crippen LogP contribution in [-0.4, -0.2) is 28.0 Å². The van der Waals surface area contributed by atoms with Crippen LogP contribution in [0, 0.1) is 11.3 Å². The molecular formula is C14H13N5. The topological polar surface area (TPSA) is 65.7 Å². The third-order valence-electron chi connectivity index (χ3n) is 3.15. The summed E-state index contributed by atoms with van der Waals surface area (Å²) in [6.07, 6.45) is 4.04. The molecule has 0 N–H and O–H groups in total. The van der Waals surface area contributed by atoms with E-state index in [1.54, 1.807) is 12.3 Å². The van der Waals surface area contributed by atoms with Gasteiger partial charge in [0.05, 0.1) is 0 Å². The van der Waals surface area contributed by atoms with Gasteiger partial charge >= 0.3 is 0 Å². The average Bonchev–Trinajstić information content (AvgIpc) is 3.02. The van der Waals surface area contributed by atoms with Crippen LogP contribution < -0.4 is 4.90 Å². The van der Waals surface area contributed by atoms with Crippen molar-refractivity contribution in [2.45, 2.75) is 12.8 Å². The van der Waals surface area contributed by atoms with E-state index in [1.807, 2.05) is 18.2 Å². The number of anilines is 1. The van der Waals surface area contributed by atoms with E-state index in [2.05, 4.69) is 25.9 Å². The van der Waals surface area contributed by atoms with Crippen molar-refractivity contribution >= 4 is 5.82 Å². The van der Waals surface area contributed by atoms with E-state index >= 15 is 0 Å². The van der Waals surface area contributed by atoms with Crippen molar-refractivity contribution in [3.8, 4) is 17.6 Å². The second-order valence-electron chi connectivity index (χ2n) is 4.46. The third-order valence-corrected chi connectivity index (χ3v) is 3.15. The van der Waals surface area contributed by atoms with Gasteiger partial charge in [-0.25, -0.2) is 9.97 Å². The lowest BCUT2D eigenvalue weighted by Gasteiger charge is -2.16. The SMILES string of the molecule is N#Cc1cc(N2CCCC2)nc(-c2ccccn2)n1. The molecule has 0 aliphatic carbocycles. The Morgan fingerprint density at radius 1 is 1.16 bits per heavy atom. The molecular weight excluding hydrogens is 238 g/mol. The first-order valence-electron chi connectivity index (χ1n) is 6.32. The van der Waals surface area contributed by atoms with Crippen molar-refractivity contribution in [2.24, 2.45) is 0 Å². The molecule has 2 aromatic rings. The first kappa shape index (κ1) is 11.6. The maximum atomic E-state index is 9.10. The molecule has 0 unspecified atom stereocenters. The van der Waals surface area contributed by atoms with Crippen LogP contribution in [0.15, 0.2) is 30.5 Å². The molecule has 1 fully saturated rings. The molecule has 19 heavy (non-hydrogen) atoms. The number of rotatable bonds is 2. The molecule has 1 aliphatic rings. The molecule has 0 saturated carbocycles. The predicted molar refractivity (Wildman–Crippen MR) is 71.4 cm³/mol. The van der Waals surface area contributed by atoms with E-state index < -0.39 is 0 Å². The molecule has 94 valence electrons. The molecule has 0 aromatic carbocycles. The lowest BCUT2D eigenvalue weighted by molar-refractivity contribution is 0.925. The van der Waals surface area contributed by atoms with Gasteiger partial charge in [-0.05, 0) is 25.0 Å². The van der Waals surface area contributed by atoms with Crippen molar-refractivity contribution in [2.75, 3.05) is 18.0 Å². The van der Waals surface area contributed by atoms with Gasteiger partial charge in [-0.15, -0.1) is 0 Å². The van der Waals surface area contributed by atoms with Crippen LogP contribution in [0.5, 0.6) is 0 Å². The van der Waals surface area contributed by atoms with Gasteiger partial charge < -0.3 is 4.90 Å². The zero-order chi connectivity index (χ0) is 13.1. The Kier molecular flexibility index (Phi) is 3.07. The van der Waals surface area contributed by atoms with Gasteiger partial charge in [0, 0.05) is 25.4 Å². The van der Waals surface area contributed by atoms with Gasteiger partial charge in [0.15, 0.2) is 5.82 Å². The highest BCUT2D eigenvalue weighted by atomic mass is 15.2. The van der Waals surface area contributed by atoms with Crippen molar-refractivity contribution < 1.29 is 0 Å². The smallest absolute Gasteiger partial charge is 0.181 e. The number of hydrogen-bond acceptors (Lipinski definition) is 5. The molecule has 0 radical (unpaired) electrons. The summed E-state index contributed by atoms with van der Waals surface area (Å²) in [5.74, 6) is 1.34. The molecule has 2 aromatic heterocycles. The molecule has 0 spiro atoms. The zero-order valence-corrected chi connectivity index (χ0v) is 10.5. The Bertz CT molecular complexity index is 611. The minimum absolute atomic E-state index is 0.387. The zero-order valence-electron chi connectivity index (χ0n) is 10.5. The number of nitriles is 1. The summed E-state index contributed by atoms with van der Waals surface area (Å²) < 4.78 is 0. The largest absolute Gasteiger partial charge is 0.356 e. The highest BCUT2D eigenvalue weighted by molar-refractivity contribution is 5.55. The van der Waals surface area contributed by atoms with Crippen LogP contribution in [0.3, 0.4) is 0 Å². The second-order valence-corrected chi connectivity index (χ2v) is 4.46. The summed E-state index contributed by atoms with van der Waals surface area (Å²) >= 11 is 0. The summed E-state index contributed by atoms with van der Waals surface area (Å²) in [4.78, 5) is 15.2. The summed E-state index contributed by atoms with van der Waals surface area (Å²) in [6.45, 7) is 1.98. The molecule has 5 nitrogen and oxygen atoms in total. The average molecular weight is 251 g/mol. The summed E-state index contributed by atoms with van der Waals surface area (Å²) in [7, 11) is 0. The molecule has 0 atom stereocenters. The van der Waals surface area contributed by atoms with Crippen molar-refractivity contribution in [3.05, 3.63) is 36.2 Å². The van der Waals surface area contributed by atoms with Gasteiger partial charge in [-0.3, -0.25) is 4.98 Å². The standard InChI is InChI=1S/C14H13N5/c15-10-11-9-13(19-7-3-4-8-19)18-14(17-11)12-5-1-2-6-16-12/h1-2,5-6,9H,3-4,7-8H2. The van der Waals surface area contributed by atoms with Crippen molar-refractivity contribution in [1.29, 1.82) is 5.26 Å². The van der Waals surface area contributed by atoms with E-state index in [9.17, 15) is 0 Å². The van der Waals surface area contributed by atoms with Crippen LogP contribution in [0.25, 0.3) is 11.5 Å². The van der Waals surface area contributed by atoms with Gasteiger partial charge in [-0.1, -0.05) is 6.07 Å². The predicted octanol–water partition coefficient (Wildman–Crippen LogP) is 2.01. The van der Waals surface area contributed by atoms with Crippen LogP contribution in [0.4, 0.5) is 5.82 Å². The molecule has 1 aliphatic heterocycles. The molecule has 3 heterocycles. The number of nitrogens with zero attached hydrogens (tertiary/aromatic N) is 5. The van der Waals surface area contributed by atoms with Crippen molar-refractivity contribution in [3.63, 3.8) is 0 Å². The van der Waals surface area contributed by atoms with E-state index in [1.165, 1.54) is 12.8 Å². The Balaban J connectivity index is 2.05. The quantitative estimate of drug-likeness (QED) is 0.816. The highest BCUT2D eigenvalue weighted by Gasteiger charge is 2.16.